The summed E-state index contributed by atoms with van der Waals surface area (Å²) in [4.78, 5) is 24.2. The Labute approximate surface area is 143 Å². The van der Waals surface area contributed by atoms with Crippen LogP contribution in [-0.4, -0.2) is 27.6 Å². The Kier molecular flexibility index (Phi) is 5.77. The van der Waals surface area contributed by atoms with E-state index >= 15 is 0 Å². The molecule has 0 aliphatic heterocycles. The average Bonchev–Trinajstić information content (AvgIpc) is 2.79. The summed E-state index contributed by atoms with van der Waals surface area (Å²) in [7, 11) is 0. The first-order valence-corrected chi connectivity index (χ1v) is 7.94. The van der Waals surface area contributed by atoms with Crippen molar-refractivity contribution in [3.05, 3.63) is 11.8 Å². The normalized spacial score (nSPS) is 13.1. The van der Waals surface area contributed by atoms with Gasteiger partial charge in [-0.3, -0.25) is 14.3 Å². The molecular weight excluding hydrogens is 306 g/mol. The Balaban J connectivity index is 2.79. The molecule has 1 aromatic rings. The second kappa shape index (κ2) is 7.04. The Bertz CT molecular complexity index is 656. The monoisotopic (exact) mass is 333 g/mol. The third kappa shape index (κ3) is 5.69. The summed E-state index contributed by atoms with van der Waals surface area (Å²) >= 11 is 0. The minimum absolute atomic E-state index is 0.153. The number of carbonyl (C=O) groups excluding carboxylic acids is 2. The van der Waals surface area contributed by atoms with Crippen molar-refractivity contribution in [3.63, 3.8) is 0 Å². The van der Waals surface area contributed by atoms with Gasteiger partial charge in [-0.15, -0.1) is 0 Å². The van der Waals surface area contributed by atoms with E-state index in [0.717, 1.165) is 0 Å². The first-order valence-electron chi connectivity index (χ1n) is 7.94. The molecule has 0 spiro atoms. The van der Waals surface area contributed by atoms with E-state index < -0.39 is 11.9 Å². The minimum atomic E-state index is -0.717. The van der Waals surface area contributed by atoms with Crippen molar-refractivity contribution in [2.24, 2.45) is 5.41 Å². The Hall–Kier alpha value is -2.36. The summed E-state index contributed by atoms with van der Waals surface area (Å²) in [6.07, 6.45) is 1.92. The van der Waals surface area contributed by atoms with Crippen LogP contribution in [0.15, 0.2) is 6.20 Å². The molecule has 1 heterocycles. The fraction of sp³-hybridized carbons (Fsp3) is 0.647. The Morgan fingerprint density at radius 3 is 2.33 bits per heavy atom. The summed E-state index contributed by atoms with van der Waals surface area (Å²) in [5.74, 6) is -0.395. The lowest BCUT2D eigenvalue weighted by Gasteiger charge is -2.20. The molecule has 1 aromatic heterocycles. The molecular formula is C17H27N5O2. The highest BCUT2D eigenvalue weighted by atomic mass is 16.2. The smallest absolute Gasteiger partial charge is 0.247 e. The van der Waals surface area contributed by atoms with E-state index in [2.05, 4.69) is 15.7 Å². The van der Waals surface area contributed by atoms with E-state index in [1.54, 1.807) is 17.8 Å². The standard InChI is InChI=1S/C17H27N5O2/c1-11(19-13(23)8-16(2,3)4)15(24)20-14-12(9-18)10-22(21-14)17(5,6)7/h10-11H,8H2,1-7H3,(H,19,23)(H,20,21,24)/t11-/m0/s1. The second-order valence-electron chi connectivity index (χ2n) is 8.13. The van der Waals surface area contributed by atoms with Gasteiger partial charge in [-0.2, -0.15) is 10.4 Å². The van der Waals surface area contributed by atoms with E-state index in [0.29, 0.717) is 6.42 Å². The molecule has 7 heteroatoms. The van der Waals surface area contributed by atoms with Crippen molar-refractivity contribution < 1.29 is 9.59 Å². The molecule has 7 nitrogen and oxygen atoms in total. The van der Waals surface area contributed by atoms with E-state index in [9.17, 15) is 14.9 Å². The van der Waals surface area contributed by atoms with Gasteiger partial charge in [-0.1, -0.05) is 20.8 Å². The predicted octanol–water partition coefficient (Wildman–Crippen LogP) is 2.39. The molecule has 0 saturated heterocycles. The van der Waals surface area contributed by atoms with E-state index in [1.807, 2.05) is 47.6 Å². The third-order valence-electron chi connectivity index (χ3n) is 3.23. The zero-order valence-corrected chi connectivity index (χ0v) is 15.5. The van der Waals surface area contributed by atoms with Gasteiger partial charge in [0.05, 0.1) is 5.54 Å². The van der Waals surface area contributed by atoms with Gasteiger partial charge in [0.1, 0.15) is 17.7 Å². The topological polar surface area (TPSA) is 99.8 Å². The molecule has 0 radical (unpaired) electrons. The van der Waals surface area contributed by atoms with Crippen LogP contribution in [0.25, 0.3) is 0 Å². The minimum Gasteiger partial charge on any atom is -0.345 e. The van der Waals surface area contributed by atoms with Gasteiger partial charge in [0.2, 0.25) is 11.8 Å². The van der Waals surface area contributed by atoms with Crippen molar-refractivity contribution in [2.75, 3.05) is 5.32 Å². The van der Waals surface area contributed by atoms with Crippen LogP contribution in [0.2, 0.25) is 0 Å². The van der Waals surface area contributed by atoms with Crippen LogP contribution in [0.1, 0.15) is 60.5 Å². The molecule has 24 heavy (non-hydrogen) atoms. The SMILES string of the molecule is C[C@H](NC(=O)CC(C)(C)C)C(=O)Nc1nn(C(C)(C)C)cc1C#N. The fourth-order valence-corrected chi connectivity index (χ4v) is 1.96. The third-order valence-corrected chi connectivity index (χ3v) is 3.23. The highest BCUT2D eigenvalue weighted by Gasteiger charge is 2.23. The van der Waals surface area contributed by atoms with Gasteiger partial charge in [0, 0.05) is 12.6 Å². The first-order chi connectivity index (χ1) is 10.8. The highest BCUT2D eigenvalue weighted by molar-refractivity contribution is 5.97. The summed E-state index contributed by atoms with van der Waals surface area (Å²) in [5.41, 5.74) is -0.174. The Morgan fingerprint density at radius 1 is 1.29 bits per heavy atom. The van der Waals surface area contributed by atoms with Crippen LogP contribution in [0.3, 0.4) is 0 Å². The quantitative estimate of drug-likeness (QED) is 0.883. The summed E-state index contributed by atoms with van der Waals surface area (Å²) in [6.45, 7) is 13.3. The van der Waals surface area contributed by atoms with Crippen LogP contribution in [0.5, 0.6) is 0 Å². The number of nitrogens with zero attached hydrogens (tertiary/aromatic N) is 3. The zero-order valence-electron chi connectivity index (χ0n) is 15.5. The van der Waals surface area contributed by atoms with Gasteiger partial charge in [-0.05, 0) is 33.1 Å². The summed E-state index contributed by atoms with van der Waals surface area (Å²) in [5, 5.41) is 18.7. The maximum Gasteiger partial charge on any atom is 0.247 e. The largest absolute Gasteiger partial charge is 0.345 e. The molecule has 2 amide bonds. The van der Waals surface area contributed by atoms with Crippen LogP contribution >= 0.6 is 0 Å². The van der Waals surface area contributed by atoms with E-state index in [-0.39, 0.29) is 28.2 Å². The lowest BCUT2D eigenvalue weighted by Crippen LogP contribution is -2.42. The molecule has 1 atom stereocenters. The number of rotatable bonds is 4. The summed E-state index contributed by atoms with van der Waals surface area (Å²) < 4.78 is 1.63. The number of nitriles is 1. The van der Waals surface area contributed by atoms with Crippen molar-refractivity contribution >= 4 is 17.6 Å². The van der Waals surface area contributed by atoms with Crippen molar-refractivity contribution in [1.82, 2.24) is 15.1 Å². The number of nitrogens with one attached hydrogen (secondary N) is 2. The van der Waals surface area contributed by atoms with Crippen LogP contribution in [0, 0.1) is 16.7 Å². The highest BCUT2D eigenvalue weighted by Crippen LogP contribution is 2.20. The van der Waals surface area contributed by atoms with Gasteiger partial charge in [-0.25, -0.2) is 0 Å². The van der Waals surface area contributed by atoms with Gasteiger partial charge in [0.15, 0.2) is 5.82 Å². The maximum atomic E-state index is 12.3. The molecule has 0 saturated carbocycles. The number of carbonyl (C=O) groups is 2. The van der Waals surface area contributed by atoms with Crippen molar-refractivity contribution in [3.8, 4) is 6.07 Å². The molecule has 0 aliphatic rings. The van der Waals surface area contributed by atoms with Crippen molar-refractivity contribution in [2.45, 2.75) is 66.5 Å². The van der Waals surface area contributed by atoms with Crippen LogP contribution in [0.4, 0.5) is 5.82 Å². The molecule has 0 unspecified atom stereocenters. The number of aromatic nitrogens is 2. The number of hydrogen-bond acceptors (Lipinski definition) is 4. The Morgan fingerprint density at radius 2 is 1.88 bits per heavy atom. The zero-order chi connectivity index (χ0) is 18.7. The maximum absolute atomic E-state index is 12.3. The molecule has 0 aromatic carbocycles. The van der Waals surface area contributed by atoms with Gasteiger partial charge >= 0.3 is 0 Å². The lowest BCUT2D eigenvalue weighted by molar-refractivity contribution is -0.127. The molecule has 1 rings (SSSR count). The molecule has 0 fully saturated rings. The number of anilines is 1. The molecule has 0 bridgehead atoms. The van der Waals surface area contributed by atoms with Gasteiger partial charge < -0.3 is 10.6 Å². The second-order valence-corrected chi connectivity index (χ2v) is 8.13. The summed E-state index contributed by atoms with van der Waals surface area (Å²) in [6, 6.07) is 1.30. The fourth-order valence-electron chi connectivity index (χ4n) is 1.96. The first kappa shape index (κ1) is 19.7. The van der Waals surface area contributed by atoms with Gasteiger partial charge in [0.25, 0.3) is 0 Å². The molecule has 2 N–H and O–H groups in total. The number of hydrogen-bond donors (Lipinski definition) is 2. The van der Waals surface area contributed by atoms with E-state index in [1.165, 1.54) is 0 Å². The number of amides is 2. The molecule has 132 valence electrons. The predicted molar refractivity (Wildman–Crippen MR) is 92.2 cm³/mol. The lowest BCUT2D eigenvalue weighted by atomic mass is 9.92. The van der Waals surface area contributed by atoms with Crippen LogP contribution < -0.4 is 10.6 Å². The van der Waals surface area contributed by atoms with Crippen molar-refractivity contribution in [1.29, 1.82) is 5.26 Å². The average molecular weight is 333 g/mol. The molecule has 0 aliphatic carbocycles. The van der Waals surface area contributed by atoms with E-state index in [4.69, 9.17) is 0 Å². The van der Waals surface area contributed by atoms with Crippen LogP contribution in [-0.2, 0) is 15.1 Å².